The van der Waals surface area contributed by atoms with E-state index in [2.05, 4.69) is 10.7 Å². The van der Waals surface area contributed by atoms with Gasteiger partial charge in [-0.2, -0.15) is 0 Å². The van der Waals surface area contributed by atoms with Crippen LogP contribution in [0.15, 0.2) is 0 Å². The molecule has 1 rings (SSSR count). The van der Waals surface area contributed by atoms with Crippen LogP contribution in [0.25, 0.3) is 0 Å². The number of nitrogens with one attached hydrogen (secondary N) is 2. The second-order valence-electron chi connectivity index (χ2n) is 2.63. The maximum atomic E-state index is 10.9. The molecule has 1 heterocycles. The van der Waals surface area contributed by atoms with E-state index >= 15 is 0 Å². The number of hydrazine groups is 1. The number of rotatable bonds is 2. The Kier molecular flexibility index (Phi) is 3.83. The minimum absolute atomic E-state index is 0.396. The minimum atomic E-state index is -0.396. The van der Waals surface area contributed by atoms with Crippen LogP contribution in [-0.2, 0) is 4.84 Å². The zero-order valence-electron chi connectivity index (χ0n) is 7.30. The highest BCUT2D eigenvalue weighted by molar-refractivity contribution is 5.66. The van der Waals surface area contributed by atoms with Gasteiger partial charge in [0, 0.05) is 13.1 Å². The molecule has 0 radical (unpaired) electrons. The summed E-state index contributed by atoms with van der Waals surface area (Å²) in [5.74, 6) is 0. The molecule has 0 aromatic carbocycles. The first-order valence-electron chi connectivity index (χ1n) is 4.29. The standard InChI is InChI=1S/C7H15N3O2/c1-2-8-7(11)12-10-6-4-3-5-9-10/h9H,2-6H2,1H3,(H,8,11). The zero-order valence-corrected chi connectivity index (χ0v) is 7.30. The summed E-state index contributed by atoms with van der Waals surface area (Å²) in [6.07, 6.45) is 1.80. The Balaban J connectivity index is 2.15. The van der Waals surface area contributed by atoms with Crippen LogP contribution in [0, 0.1) is 0 Å². The van der Waals surface area contributed by atoms with Crippen LogP contribution in [0.5, 0.6) is 0 Å². The van der Waals surface area contributed by atoms with E-state index < -0.39 is 6.09 Å². The molecule has 2 N–H and O–H groups in total. The van der Waals surface area contributed by atoms with Gasteiger partial charge in [-0.1, -0.05) is 5.17 Å². The largest absolute Gasteiger partial charge is 0.427 e. The Morgan fingerprint density at radius 1 is 1.67 bits per heavy atom. The van der Waals surface area contributed by atoms with E-state index in [9.17, 15) is 4.79 Å². The summed E-state index contributed by atoms with van der Waals surface area (Å²) >= 11 is 0. The lowest BCUT2D eigenvalue weighted by Crippen LogP contribution is -2.46. The maximum absolute atomic E-state index is 10.9. The monoisotopic (exact) mass is 173 g/mol. The summed E-state index contributed by atoms with van der Waals surface area (Å²) in [6, 6.07) is 0. The Labute approximate surface area is 72.0 Å². The van der Waals surface area contributed by atoms with E-state index in [4.69, 9.17) is 4.84 Å². The molecule has 12 heavy (non-hydrogen) atoms. The molecule has 5 nitrogen and oxygen atoms in total. The van der Waals surface area contributed by atoms with Crippen LogP contribution in [0.4, 0.5) is 4.79 Å². The van der Waals surface area contributed by atoms with E-state index in [-0.39, 0.29) is 0 Å². The molecule has 70 valence electrons. The van der Waals surface area contributed by atoms with Crippen molar-refractivity contribution in [3.05, 3.63) is 0 Å². The first-order chi connectivity index (χ1) is 5.83. The predicted octanol–water partition coefficient (Wildman–Crippen LogP) is 0.248. The Bertz CT molecular complexity index is 146. The average Bonchev–Trinajstić information content (AvgIpc) is 2.06. The van der Waals surface area contributed by atoms with E-state index in [1.807, 2.05) is 6.92 Å². The van der Waals surface area contributed by atoms with Crippen molar-refractivity contribution in [2.75, 3.05) is 19.6 Å². The van der Waals surface area contributed by atoms with Crippen LogP contribution >= 0.6 is 0 Å². The lowest BCUT2D eigenvalue weighted by atomic mass is 10.3. The van der Waals surface area contributed by atoms with E-state index in [0.717, 1.165) is 25.9 Å². The molecule has 0 saturated carbocycles. The van der Waals surface area contributed by atoms with Crippen molar-refractivity contribution in [2.24, 2.45) is 0 Å². The van der Waals surface area contributed by atoms with Crippen molar-refractivity contribution >= 4 is 6.09 Å². The molecule has 1 amide bonds. The topological polar surface area (TPSA) is 53.6 Å². The number of hydrogen-bond donors (Lipinski definition) is 2. The van der Waals surface area contributed by atoms with Crippen LogP contribution < -0.4 is 10.7 Å². The number of amides is 1. The molecule has 1 saturated heterocycles. The Hall–Kier alpha value is -0.810. The zero-order chi connectivity index (χ0) is 8.81. The summed E-state index contributed by atoms with van der Waals surface area (Å²) in [5, 5.41) is 4.03. The Morgan fingerprint density at radius 3 is 3.08 bits per heavy atom. The van der Waals surface area contributed by atoms with Gasteiger partial charge < -0.3 is 10.2 Å². The number of hydrogen-bond acceptors (Lipinski definition) is 4. The molecule has 0 aromatic heterocycles. The van der Waals surface area contributed by atoms with Crippen LogP contribution in [0.1, 0.15) is 19.8 Å². The molecular weight excluding hydrogens is 158 g/mol. The van der Waals surface area contributed by atoms with Crippen molar-refractivity contribution in [1.29, 1.82) is 0 Å². The molecular formula is C7H15N3O2. The summed E-state index contributed by atoms with van der Waals surface area (Å²) in [5.41, 5.74) is 2.96. The van der Waals surface area contributed by atoms with Crippen LogP contribution in [-0.4, -0.2) is 30.9 Å². The van der Waals surface area contributed by atoms with E-state index in [1.54, 1.807) is 0 Å². The molecule has 1 aliphatic heterocycles. The van der Waals surface area contributed by atoms with Gasteiger partial charge in [0.05, 0.1) is 6.54 Å². The summed E-state index contributed by atoms with van der Waals surface area (Å²) in [4.78, 5) is 15.8. The van der Waals surface area contributed by atoms with Gasteiger partial charge in [-0.05, 0) is 19.8 Å². The molecule has 5 heteroatoms. The number of carbonyl (C=O) groups is 1. The first-order valence-corrected chi connectivity index (χ1v) is 4.29. The van der Waals surface area contributed by atoms with Crippen molar-refractivity contribution in [3.63, 3.8) is 0 Å². The highest BCUT2D eigenvalue weighted by Crippen LogP contribution is 1.99. The number of carbonyl (C=O) groups excluding carboxylic acids is 1. The molecule has 1 aliphatic rings. The fourth-order valence-electron chi connectivity index (χ4n) is 1.02. The second-order valence-corrected chi connectivity index (χ2v) is 2.63. The summed E-state index contributed by atoms with van der Waals surface area (Å²) in [6.45, 7) is 4.08. The van der Waals surface area contributed by atoms with Gasteiger partial charge in [-0.15, -0.1) is 0 Å². The van der Waals surface area contributed by atoms with Crippen molar-refractivity contribution < 1.29 is 9.63 Å². The molecule has 1 fully saturated rings. The second kappa shape index (κ2) is 4.95. The van der Waals surface area contributed by atoms with Gasteiger partial charge in [0.15, 0.2) is 0 Å². The molecule has 0 aromatic rings. The number of nitrogens with zero attached hydrogens (tertiary/aromatic N) is 1. The fraction of sp³-hybridized carbons (Fsp3) is 0.857. The first kappa shape index (κ1) is 9.28. The molecule has 0 unspecified atom stereocenters. The third kappa shape index (κ3) is 3.06. The lowest BCUT2D eigenvalue weighted by molar-refractivity contribution is -0.151. The number of hydroxylamine groups is 1. The van der Waals surface area contributed by atoms with Gasteiger partial charge in [-0.3, -0.25) is 0 Å². The fourth-order valence-corrected chi connectivity index (χ4v) is 1.02. The third-order valence-corrected chi connectivity index (χ3v) is 1.59. The van der Waals surface area contributed by atoms with Crippen molar-refractivity contribution in [1.82, 2.24) is 15.9 Å². The summed E-state index contributed by atoms with van der Waals surface area (Å²) in [7, 11) is 0. The highest BCUT2D eigenvalue weighted by atomic mass is 16.7. The smallest absolute Gasteiger partial charge is 0.335 e. The highest BCUT2D eigenvalue weighted by Gasteiger charge is 2.13. The lowest BCUT2D eigenvalue weighted by Gasteiger charge is -2.25. The average molecular weight is 173 g/mol. The SMILES string of the molecule is CCNC(=O)ON1CCCCN1. The molecule has 0 aliphatic carbocycles. The van der Waals surface area contributed by atoms with Gasteiger partial charge in [0.2, 0.25) is 0 Å². The Morgan fingerprint density at radius 2 is 2.50 bits per heavy atom. The van der Waals surface area contributed by atoms with Crippen molar-refractivity contribution in [3.8, 4) is 0 Å². The van der Waals surface area contributed by atoms with E-state index in [0.29, 0.717) is 6.54 Å². The van der Waals surface area contributed by atoms with Gasteiger partial charge >= 0.3 is 6.09 Å². The molecule has 0 atom stereocenters. The van der Waals surface area contributed by atoms with Crippen molar-refractivity contribution in [2.45, 2.75) is 19.8 Å². The predicted molar refractivity (Wildman–Crippen MR) is 44.1 cm³/mol. The van der Waals surface area contributed by atoms with Gasteiger partial charge in [-0.25, -0.2) is 10.2 Å². The third-order valence-electron chi connectivity index (χ3n) is 1.59. The van der Waals surface area contributed by atoms with Crippen LogP contribution in [0.3, 0.4) is 0 Å². The van der Waals surface area contributed by atoms with Crippen LogP contribution in [0.2, 0.25) is 0 Å². The van der Waals surface area contributed by atoms with Gasteiger partial charge in [0.25, 0.3) is 0 Å². The molecule has 0 spiro atoms. The van der Waals surface area contributed by atoms with E-state index in [1.165, 1.54) is 5.17 Å². The maximum Gasteiger partial charge on any atom is 0.427 e. The normalized spacial score (nSPS) is 18.8. The molecule has 0 bridgehead atoms. The summed E-state index contributed by atoms with van der Waals surface area (Å²) < 4.78 is 0. The quantitative estimate of drug-likeness (QED) is 0.628. The minimum Gasteiger partial charge on any atom is -0.335 e. The van der Waals surface area contributed by atoms with Gasteiger partial charge in [0.1, 0.15) is 0 Å².